The molecule has 0 bridgehead atoms. The molecule has 3 nitrogen and oxygen atoms in total. The highest BCUT2D eigenvalue weighted by molar-refractivity contribution is 5.21. The SMILES string of the molecule is CCC(c1ccncc1)N(C)CC(O)c1ccc(F)c(F)c1. The second-order valence-electron chi connectivity index (χ2n) is 5.33. The minimum atomic E-state index is -0.944. The Labute approximate surface area is 129 Å². The largest absolute Gasteiger partial charge is 0.387 e. The van der Waals surface area contributed by atoms with Crippen LogP contribution in [0.15, 0.2) is 42.7 Å². The van der Waals surface area contributed by atoms with Crippen molar-refractivity contribution in [2.45, 2.75) is 25.5 Å². The number of aliphatic hydroxyl groups excluding tert-OH is 1. The molecule has 0 fully saturated rings. The molecule has 0 amide bonds. The molecule has 2 aromatic rings. The van der Waals surface area contributed by atoms with Gasteiger partial charge in [-0.1, -0.05) is 13.0 Å². The third kappa shape index (κ3) is 3.87. The van der Waals surface area contributed by atoms with Crippen molar-refractivity contribution in [1.82, 2.24) is 9.88 Å². The first kappa shape index (κ1) is 16.5. The molecule has 2 atom stereocenters. The van der Waals surface area contributed by atoms with E-state index in [1.807, 2.05) is 24.1 Å². The van der Waals surface area contributed by atoms with Crippen molar-refractivity contribution in [3.8, 4) is 0 Å². The first-order valence-electron chi connectivity index (χ1n) is 7.26. The van der Waals surface area contributed by atoms with Crippen LogP contribution in [0.4, 0.5) is 8.78 Å². The fourth-order valence-electron chi connectivity index (χ4n) is 2.61. The molecule has 2 rings (SSSR count). The zero-order valence-corrected chi connectivity index (χ0v) is 12.7. The van der Waals surface area contributed by atoms with E-state index in [0.29, 0.717) is 12.1 Å². The van der Waals surface area contributed by atoms with Crippen LogP contribution in [0.25, 0.3) is 0 Å². The molecule has 2 unspecified atom stereocenters. The summed E-state index contributed by atoms with van der Waals surface area (Å²) >= 11 is 0. The van der Waals surface area contributed by atoms with Crippen LogP contribution in [0.5, 0.6) is 0 Å². The lowest BCUT2D eigenvalue weighted by atomic mass is 10.0. The van der Waals surface area contributed by atoms with Gasteiger partial charge >= 0.3 is 0 Å². The molecular formula is C17H20F2N2O. The average molecular weight is 306 g/mol. The van der Waals surface area contributed by atoms with Gasteiger partial charge in [0, 0.05) is 25.0 Å². The van der Waals surface area contributed by atoms with Crippen LogP contribution in [-0.2, 0) is 0 Å². The minimum Gasteiger partial charge on any atom is -0.387 e. The van der Waals surface area contributed by atoms with Crippen LogP contribution in [-0.4, -0.2) is 28.6 Å². The number of hydrogen-bond acceptors (Lipinski definition) is 3. The second kappa shape index (κ2) is 7.42. The number of hydrogen-bond donors (Lipinski definition) is 1. The number of pyridine rings is 1. The molecule has 0 aliphatic carbocycles. The van der Waals surface area contributed by atoms with Crippen molar-refractivity contribution in [3.63, 3.8) is 0 Å². The molecule has 0 aliphatic heterocycles. The summed E-state index contributed by atoms with van der Waals surface area (Å²) < 4.78 is 26.2. The van der Waals surface area contributed by atoms with Gasteiger partial charge in [0.15, 0.2) is 11.6 Å². The summed E-state index contributed by atoms with van der Waals surface area (Å²) in [5, 5.41) is 10.3. The van der Waals surface area contributed by atoms with Crippen molar-refractivity contribution in [1.29, 1.82) is 0 Å². The Kier molecular flexibility index (Phi) is 5.57. The van der Waals surface area contributed by atoms with E-state index in [-0.39, 0.29) is 6.04 Å². The van der Waals surface area contributed by atoms with Crippen LogP contribution in [0.2, 0.25) is 0 Å². The molecule has 0 aliphatic rings. The van der Waals surface area contributed by atoms with Gasteiger partial charge in [-0.05, 0) is 48.9 Å². The van der Waals surface area contributed by atoms with E-state index in [1.54, 1.807) is 12.4 Å². The van der Waals surface area contributed by atoms with E-state index in [0.717, 1.165) is 24.1 Å². The van der Waals surface area contributed by atoms with Gasteiger partial charge in [0.1, 0.15) is 0 Å². The highest BCUT2D eigenvalue weighted by atomic mass is 19.2. The first-order chi connectivity index (χ1) is 10.5. The second-order valence-corrected chi connectivity index (χ2v) is 5.33. The van der Waals surface area contributed by atoms with E-state index in [2.05, 4.69) is 11.9 Å². The molecule has 118 valence electrons. The number of benzene rings is 1. The highest BCUT2D eigenvalue weighted by Crippen LogP contribution is 2.25. The Morgan fingerprint density at radius 2 is 1.77 bits per heavy atom. The summed E-state index contributed by atoms with van der Waals surface area (Å²) in [5.41, 5.74) is 1.48. The number of aliphatic hydroxyl groups is 1. The maximum atomic E-state index is 13.3. The van der Waals surface area contributed by atoms with Gasteiger partial charge in [0.2, 0.25) is 0 Å². The summed E-state index contributed by atoms with van der Waals surface area (Å²) in [6.45, 7) is 2.39. The Bertz CT molecular complexity index is 607. The zero-order valence-electron chi connectivity index (χ0n) is 12.7. The average Bonchev–Trinajstić information content (AvgIpc) is 2.51. The topological polar surface area (TPSA) is 36.4 Å². The maximum Gasteiger partial charge on any atom is 0.159 e. The normalized spacial score (nSPS) is 14.1. The number of halogens is 2. The molecular weight excluding hydrogens is 286 g/mol. The van der Waals surface area contributed by atoms with Crippen LogP contribution in [0.3, 0.4) is 0 Å². The lowest BCUT2D eigenvalue weighted by Gasteiger charge is -2.29. The molecule has 1 aromatic heterocycles. The Hall–Kier alpha value is -1.85. The van der Waals surface area contributed by atoms with Crippen molar-refractivity contribution in [2.75, 3.05) is 13.6 Å². The predicted molar refractivity (Wildman–Crippen MR) is 81.2 cm³/mol. The van der Waals surface area contributed by atoms with E-state index in [9.17, 15) is 13.9 Å². The number of nitrogens with zero attached hydrogens (tertiary/aromatic N) is 2. The van der Waals surface area contributed by atoms with Crippen LogP contribution in [0, 0.1) is 11.6 Å². The fourth-order valence-corrected chi connectivity index (χ4v) is 2.61. The monoisotopic (exact) mass is 306 g/mol. The number of rotatable bonds is 6. The maximum absolute atomic E-state index is 13.3. The van der Waals surface area contributed by atoms with Crippen molar-refractivity contribution in [2.24, 2.45) is 0 Å². The quantitative estimate of drug-likeness (QED) is 0.887. The lowest BCUT2D eigenvalue weighted by molar-refractivity contribution is 0.102. The molecule has 5 heteroatoms. The number of likely N-dealkylation sites (N-methyl/N-ethyl adjacent to an activating group) is 1. The lowest BCUT2D eigenvalue weighted by Crippen LogP contribution is -2.29. The van der Waals surface area contributed by atoms with Gasteiger partial charge in [-0.25, -0.2) is 8.78 Å². The van der Waals surface area contributed by atoms with Gasteiger partial charge in [0.05, 0.1) is 6.10 Å². The molecule has 1 N–H and O–H groups in total. The van der Waals surface area contributed by atoms with E-state index in [4.69, 9.17) is 0 Å². The summed E-state index contributed by atoms with van der Waals surface area (Å²) in [5.74, 6) is -1.85. The van der Waals surface area contributed by atoms with E-state index >= 15 is 0 Å². The van der Waals surface area contributed by atoms with Crippen LogP contribution >= 0.6 is 0 Å². The van der Waals surface area contributed by atoms with E-state index in [1.165, 1.54) is 6.07 Å². The van der Waals surface area contributed by atoms with Gasteiger partial charge in [-0.2, -0.15) is 0 Å². The first-order valence-corrected chi connectivity index (χ1v) is 7.26. The van der Waals surface area contributed by atoms with Gasteiger partial charge < -0.3 is 5.11 Å². The summed E-state index contributed by atoms with van der Waals surface area (Å²) in [7, 11) is 1.90. The molecule has 1 aromatic carbocycles. The molecule has 1 heterocycles. The van der Waals surface area contributed by atoms with E-state index < -0.39 is 17.7 Å². The standard InChI is InChI=1S/C17H20F2N2O/c1-3-16(12-6-8-20-9-7-12)21(2)11-17(22)13-4-5-14(18)15(19)10-13/h4-10,16-17,22H,3,11H2,1-2H3. The summed E-state index contributed by atoms with van der Waals surface area (Å²) in [4.78, 5) is 6.00. The predicted octanol–water partition coefficient (Wildman–Crippen LogP) is 3.48. The van der Waals surface area contributed by atoms with Crippen molar-refractivity contribution < 1.29 is 13.9 Å². The van der Waals surface area contributed by atoms with Gasteiger partial charge in [0.25, 0.3) is 0 Å². The Balaban J connectivity index is 2.09. The Morgan fingerprint density at radius 1 is 1.09 bits per heavy atom. The Morgan fingerprint density at radius 3 is 2.36 bits per heavy atom. The molecule has 0 saturated heterocycles. The fraction of sp³-hybridized carbons (Fsp3) is 0.353. The van der Waals surface area contributed by atoms with Crippen molar-refractivity contribution in [3.05, 3.63) is 65.5 Å². The summed E-state index contributed by atoms with van der Waals surface area (Å²) in [6, 6.07) is 7.49. The molecule has 0 saturated carbocycles. The smallest absolute Gasteiger partial charge is 0.159 e. The van der Waals surface area contributed by atoms with Gasteiger partial charge in [-0.15, -0.1) is 0 Å². The minimum absolute atomic E-state index is 0.128. The van der Waals surface area contributed by atoms with Crippen molar-refractivity contribution >= 4 is 0 Å². The number of aromatic nitrogens is 1. The summed E-state index contributed by atoms with van der Waals surface area (Å²) in [6.07, 6.45) is 3.45. The zero-order chi connectivity index (χ0) is 16.1. The molecule has 22 heavy (non-hydrogen) atoms. The van der Waals surface area contributed by atoms with Crippen LogP contribution < -0.4 is 0 Å². The third-order valence-corrected chi connectivity index (χ3v) is 3.80. The van der Waals surface area contributed by atoms with Gasteiger partial charge in [-0.3, -0.25) is 9.88 Å². The molecule has 0 radical (unpaired) electrons. The molecule has 0 spiro atoms. The third-order valence-electron chi connectivity index (χ3n) is 3.80. The highest BCUT2D eigenvalue weighted by Gasteiger charge is 2.19. The van der Waals surface area contributed by atoms with Crippen LogP contribution in [0.1, 0.15) is 36.6 Å².